The average molecular weight is 224 g/mol. The lowest BCUT2D eigenvalue weighted by Crippen LogP contribution is -2.30. The van der Waals surface area contributed by atoms with Crippen LogP contribution in [0.1, 0.15) is 43.0 Å². The van der Waals surface area contributed by atoms with E-state index in [9.17, 15) is 0 Å². The van der Waals surface area contributed by atoms with Gasteiger partial charge in [0.15, 0.2) is 0 Å². The molecule has 2 rings (SSSR count). The smallest absolute Gasteiger partial charge is 0.107 e. The fourth-order valence-corrected chi connectivity index (χ4v) is 3.07. The number of nitrogens with zero attached hydrogens (tertiary/aromatic N) is 1. The van der Waals surface area contributed by atoms with Crippen LogP contribution in [0.3, 0.4) is 0 Å². The zero-order chi connectivity index (χ0) is 10.7. The summed E-state index contributed by atoms with van der Waals surface area (Å²) >= 11 is 1.84. The van der Waals surface area contributed by atoms with Gasteiger partial charge in [0.1, 0.15) is 5.01 Å². The van der Waals surface area contributed by atoms with Gasteiger partial charge in [-0.05, 0) is 25.2 Å². The van der Waals surface area contributed by atoms with E-state index in [1.165, 1.54) is 29.1 Å². The van der Waals surface area contributed by atoms with Crippen molar-refractivity contribution in [3.63, 3.8) is 0 Å². The molecule has 0 radical (unpaired) electrons. The zero-order valence-electron chi connectivity index (χ0n) is 9.62. The molecule has 0 aliphatic heterocycles. The molecule has 15 heavy (non-hydrogen) atoms. The molecule has 1 aromatic rings. The summed E-state index contributed by atoms with van der Waals surface area (Å²) in [6.45, 7) is 5.49. The number of rotatable bonds is 4. The van der Waals surface area contributed by atoms with E-state index in [2.05, 4.69) is 24.1 Å². The Balaban J connectivity index is 1.82. The highest BCUT2D eigenvalue weighted by molar-refractivity contribution is 7.11. The lowest BCUT2D eigenvalue weighted by atomic mass is 10.1. The topological polar surface area (TPSA) is 24.9 Å². The van der Waals surface area contributed by atoms with Gasteiger partial charge in [0.25, 0.3) is 0 Å². The second-order valence-electron chi connectivity index (χ2n) is 4.47. The normalized spacial score (nSPS) is 26.0. The Morgan fingerprint density at radius 1 is 1.53 bits per heavy atom. The van der Waals surface area contributed by atoms with E-state index in [1.54, 1.807) is 0 Å². The van der Waals surface area contributed by atoms with Gasteiger partial charge in [-0.25, -0.2) is 4.98 Å². The lowest BCUT2D eigenvalue weighted by Gasteiger charge is -2.15. The van der Waals surface area contributed by atoms with E-state index in [4.69, 9.17) is 0 Å². The van der Waals surface area contributed by atoms with Gasteiger partial charge in [0.05, 0.1) is 0 Å². The number of hydrogen-bond acceptors (Lipinski definition) is 3. The number of aryl methyl sites for hydroxylation is 1. The third-order valence-electron chi connectivity index (χ3n) is 3.33. The van der Waals surface area contributed by atoms with E-state index < -0.39 is 0 Å². The molecule has 0 spiro atoms. The molecular weight excluding hydrogens is 204 g/mol. The number of hydrogen-bond donors (Lipinski definition) is 1. The Hall–Kier alpha value is -0.410. The largest absolute Gasteiger partial charge is 0.307 e. The summed E-state index contributed by atoms with van der Waals surface area (Å²) in [5.74, 6) is 0.843. The maximum absolute atomic E-state index is 4.43. The Morgan fingerprint density at radius 2 is 2.40 bits per heavy atom. The van der Waals surface area contributed by atoms with Gasteiger partial charge < -0.3 is 5.32 Å². The van der Waals surface area contributed by atoms with Crippen LogP contribution >= 0.6 is 11.3 Å². The minimum absolute atomic E-state index is 0.721. The average Bonchev–Trinajstić information content (AvgIpc) is 2.84. The molecule has 1 aromatic heterocycles. The monoisotopic (exact) mass is 224 g/mol. The first-order valence-corrected chi connectivity index (χ1v) is 6.78. The molecule has 2 atom stereocenters. The fourth-order valence-electron chi connectivity index (χ4n) is 2.26. The Bertz CT molecular complexity index is 308. The molecule has 1 fully saturated rings. The first-order valence-electron chi connectivity index (χ1n) is 5.96. The van der Waals surface area contributed by atoms with Crippen molar-refractivity contribution in [2.45, 2.75) is 52.1 Å². The Morgan fingerprint density at radius 3 is 3.00 bits per heavy atom. The third kappa shape index (κ3) is 2.79. The van der Waals surface area contributed by atoms with Crippen LogP contribution in [0.15, 0.2) is 6.20 Å². The molecular formula is C12H20N2S. The minimum atomic E-state index is 0.721. The first-order chi connectivity index (χ1) is 7.29. The van der Waals surface area contributed by atoms with Crippen LogP contribution in [-0.2, 0) is 13.0 Å². The first kappa shape index (κ1) is 11.1. The van der Waals surface area contributed by atoms with E-state index in [0.29, 0.717) is 0 Å². The molecule has 1 saturated carbocycles. The maximum atomic E-state index is 4.43. The lowest BCUT2D eigenvalue weighted by molar-refractivity contribution is 0.425. The van der Waals surface area contributed by atoms with Crippen LogP contribution in [0.5, 0.6) is 0 Å². The summed E-state index contributed by atoms with van der Waals surface area (Å²) in [7, 11) is 0. The highest BCUT2D eigenvalue weighted by Crippen LogP contribution is 2.25. The summed E-state index contributed by atoms with van der Waals surface area (Å²) in [5, 5.41) is 4.87. The van der Waals surface area contributed by atoms with Crippen molar-refractivity contribution in [3.05, 3.63) is 16.1 Å². The van der Waals surface area contributed by atoms with Crippen molar-refractivity contribution in [1.82, 2.24) is 10.3 Å². The molecule has 2 unspecified atom stereocenters. The molecule has 3 heteroatoms. The highest BCUT2D eigenvalue weighted by atomic mass is 32.1. The molecule has 0 bridgehead atoms. The quantitative estimate of drug-likeness (QED) is 0.850. The SMILES string of the molecule is CCc1cnc(CNC2CCCC2C)s1. The number of aromatic nitrogens is 1. The van der Waals surface area contributed by atoms with Crippen molar-refractivity contribution in [1.29, 1.82) is 0 Å². The van der Waals surface area contributed by atoms with Crippen LogP contribution in [0.2, 0.25) is 0 Å². The molecule has 0 amide bonds. The number of thiazole rings is 1. The molecule has 84 valence electrons. The Labute approximate surface area is 96.1 Å². The van der Waals surface area contributed by atoms with Gasteiger partial charge in [-0.15, -0.1) is 11.3 Å². The molecule has 1 aliphatic rings. The van der Waals surface area contributed by atoms with Gasteiger partial charge in [0, 0.05) is 23.7 Å². The van der Waals surface area contributed by atoms with Crippen molar-refractivity contribution >= 4 is 11.3 Å². The molecule has 1 aliphatic carbocycles. The minimum Gasteiger partial charge on any atom is -0.307 e. The van der Waals surface area contributed by atoms with Gasteiger partial charge >= 0.3 is 0 Å². The molecule has 0 saturated heterocycles. The second-order valence-corrected chi connectivity index (χ2v) is 5.67. The standard InChI is InChI=1S/C12H20N2S/c1-3-10-7-14-12(15-10)8-13-11-6-4-5-9(11)2/h7,9,11,13H,3-6,8H2,1-2H3. The van der Waals surface area contributed by atoms with E-state index in [-0.39, 0.29) is 0 Å². The van der Waals surface area contributed by atoms with Crippen molar-refractivity contribution in [3.8, 4) is 0 Å². The maximum Gasteiger partial charge on any atom is 0.107 e. The van der Waals surface area contributed by atoms with E-state index >= 15 is 0 Å². The van der Waals surface area contributed by atoms with Gasteiger partial charge in [-0.3, -0.25) is 0 Å². The van der Waals surface area contributed by atoms with Crippen LogP contribution in [0.25, 0.3) is 0 Å². The summed E-state index contributed by atoms with van der Waals surface area (Å²) in [6.07, 6.45) is 7.23. The van der Waals surface area contributed by atoms with Crippen LogP contribution < -0.4 is 5.32 Å². The number of nitrogens with one attached hydrogen (secondary N) is 1. The van der Waals surface area contributed by atoms with E-state index in [0.717, 1.165) is 24.9 Å². The summed E-state index contributed by atoms with van der Waals surface area (Å²) < 4.78 is 0. The van der Waals surface area contributed by atoms with Gasteiger partial charge in [0.2, 0.25) is 0 Å². The Kier molecular flexibility index (Phi) is 3.76. The summed E-state index contributed by atoms with van der Waals surface area (Å²) in [5.41, 5.74) is 0. The highest BCUT2D eigenvalue weighted by Gasteiger charge is 2.22. The fraction of sp³-hybridized carbons (Fsp3) is 0.750. The summed E-state index contributed by atoms with van der Waals surface area (Å²) in [4.78, 5) is 5.82. The zero-order valence-corrected chi connectivity index (χ0v) is 10.4. The van der Waals surface area contributed by atoms with Crippen molar-refractivity contribution < 1.29 is 0 Å². The van der Waals surface area contributed by atoms with Crippen LogP contribution in [0.4, 0.5) is 0 Å². The van der Waals surface area contributed by atoms with Gasteiger partial charge in [-0.2, -0.15) is 0 Å². The molecule has 0 aromatic carbocycles. The molecule has 2 nitrogen and oxygen atoms in total. The van der Waals surface area contributed by atoms with Crippen LogP contribution in [-0.4, -0.2) is 11.0 Å². The predicted octanol–water partition coefficient (Wildman–Crippen LogP) is 2.98. The van der Waals surface area contributed by atoms with Gasteiger partial charge in [-0.1, -0.05) is 20.3 Å². The molecule has 1 heterocycles. The predicted molar refractivity (Wildman–Crippen MR) is 65.1 cm³/mol. The molecule has 1 N–H and O–H groups in total. The van der Waals surface area contributed by atoms with Crippen molar-refractivity contribution in [2.75, 3.05) is 0 Å². The summed E-state index contributed by atoms with van der Waals surface area (Å²) in [6, 6.07) is 0.721. The van der Waals surface area contributed by atoms with Crippen molar-refractivity contribution in [2.24, 2.45) is 5.92 Å². The van der Waals surface area contributed by atoms with Crippen LogP contribution in [0, 0.1) is 5.92 Å². The third-order valence-corrected chi connectivity index (χ3v) is 4.47. The van der Waals surface area contributed by atoms with E-state index in [1.807, 2.05) is 17.5 Å². The second kappa shape index (κ2) is 5.08.